The van der Waals surface area contributed by atoms with Gasteiger partial charge < -0.3 is 19.4 Å². The third kappa shape index (κ3) is 4.88. The van der Waals surface area contributed by atoms with E-state index in [1.54, 1.807) is 31.5 Å². The van der Waals surface area contributed by atoms with Crippen molar-refractivity contribution in [3.63, 3.8) is 0 Å². The summed E-state index contributed by atoms with van der Waals surface area (Å²) in [6, 6.07) is 20.6. The lowest BCUT2D eigenvalue weighted by molar-refractivity contribution is 0.0932. The number of fused-ring (bicyclic) bond motifs is 1. The maximum atomic E-state index is 12.6. The number of carbonyl (C=O) groups is 1. The van der Waals surface area contributed by atoms with Crippen molar-refractivity contribution in [1.82, 2.24) is 19.9 Å². The summed E-state index contributed by atoms with van der Waals surface area (Å²) in [4.78, 5) is 21.5. The molecule has 1 amide bonds. The first-order valence-corrected chi connectivity index (χ1v) is 10.6. The average Bonchev–Trinajstić information content (AvgIpc) is 3.21. The highest BCUT2D eigenvalue weighted by Gasteiger charge is 2.19. The highest BCUT2D eigenvalue weighted by molar-refractivity contribution is 5.92. The van der Waals surface area contributed by atoms with Crippen LogP contribution in [0.1, 0.15) is 35.7 Å². The lowest BCUT2D eigenvalue weighted by Gasteiger charge is -2.16. The molecular weight excluding hydrogens is 404 g/mol. The molecule has 0 bridgehead atoms. The second kappa shape index (κ2) is 9.96. The van der Waals surface area contributed by atoms with Crippen LogP contribution in [0.25, 0.3) is 11.0 Å². The number of para-hydroxylation sites is 2. The van der Waals surface area contributed by atoms with Gasteiger partial charge in [-0.3, -0.25) is 9.78 Å². The Morgan fingerprint density at radius 3 is 2.69 bits per heavy atom. The van der Waals surface area contributed by atoms with Gasteiger partial charge in [0.25, 0.3) is 5.91 Å². The fourth-order valence-corrected chi connectivity index (χ4v) is 3.60. The summed E-state index contributed by atoms with van der Waals surface area (Å²) in [6.45, 7) is 3.20. The van der Waals surface area contributed by atoms with Crippen LogP contribution in [0.5, 0.6) is 11.5 Å². The molecule has 32 heavy (non-hydrogen) atoms. The molecule has 164 valence electrons. The molecule has 0 saturated heterocycles. The van der Waals surface area contributed by atoms with E-state index < -0.39 is 0 Å². The van der Waals surface area contributed by atoms with Crippen molar-refractivity contribution < 1.29 is 14.3 Å². The van der Waals surface area contributed by atoms with Gasteiger partial charge in [0.1, 0.15) is 23.0 Å². The van der Waals surface area contributed by atoms with Gasteiger partial charge in [0.15, 0.2) is 0 Å². The number of carbonyl (C=O) groups excluding carboxylic acids is 1. The monoisotopic (exact) mass is 430 g/mol. The number of ether oxygens (including phenoxy) is 2. The zero-order valence-electron chi connectivity index (χ0n) is 18.2. The summed E-state index contributed by atoms with van der Waals surface area (Å²) in [5.41, 5.74) is 2.31. The first-order chi connectivity index (χ1) is 15.7. The highest BCUT2D eigenvalue weighted by atomic mass is 16.5. The lowest BCUT2D eigenvalue weighted by Crippen LogP contribution is -2.29. The van der Waals surface area contributed by atoms with Crippen LogP contribution in [-0.2, 0) is 6.54 Å². The molecule has 2 aromatic heterocycles. The number of aryl methyl sites for hydroxylation is 1. The maximum absolute atomic E-state index is 12.6. The van der Waals surface area contributed by atoms with Gasteiger partial charge in [0.2, 0.25) is 0 Å². The molecular formula is C25H26N4O3. The third-order valence-corrected chi connectivity index (χ3v) is 5.15. The van der Waals surface area contributed by atoms with Crippen LogP contribution in [0.2, 0.25) is 0 Å². The van der Waals surface area contributed by atoms with Crippen molar-refractivity contribution in [2.45, 2.75) is 25.9 Å². The van der Waals surface area contributed by atoms with Gasteiger partial charge in [0.05, 0.1) is 30.8 Å². The number of methoxy groups -OCH3 is 1. The van der Waals surface area contributed by atoms with Crippen molar-refractivity contribution in [3.05, 3.63) is 84.4 Å². The molecule has 0 radical (unpaired) electrons. The molecule has 1 unspecified atom stereocenters. The number of hydrogen-bond acceptors (Lipinski definition) is 5. The molecule has 0 aliphatic heterocycles. The second-order valence-corrected chi connectivity index (χ2v) is 7.40. The van der Waals surface area contributed by atoms with Crippen LogP contribution in [0.3, 0.4) is 0 Å². The van der Waals surface area contributed by atoms with Crippen molar-refractivity contribution in [1.29, 1.82) is 0 Å². The molecule has 0 aliphatic carbocycles. The zero-order chi connectivity index (χ0) is 22.3. The van der Waals surface area contributed by atoms with E-state index in [9.17, 15) is 4.79 Å². The van der Waals surface area contributed by atoms with Crippen molar-refractivity contribution in [3.8, 4) is 11.5 Å². The Morgan fingerprint density at radius 1 is 1.06 bits per heavy atom. The Bertz CT molecular complexity index is 1190. The van der Waals surface area contributed by atoms with Gasteiger partial charge in [0, 0.05) is 18.8 Å². The minimum Gasteiger partial charge on any atom is -0.497 e. The molecule has 4 rings (SSSR count). The highest BCUT2D eigenvalue weighted by Crippen LogP contribution is 2.22. The van der Waals surface area contributed by atoms with Crippen molar-refractivity contribution in [2.75, 3.05) is 13.7 Å². The lowest BCUT2D eigenvalue weighted by atomic mass is 10.2. The Labute approximate surface area is 187 Å². The van der Waals surface area contributed by atoms with Gasteiger partial charge in [-0.25, -0.2) is 4.98 Å². The molecule has 1 N–H and O–H groups in total. The van der Waals surface area contributed by atoms with E-state index in [1.165, 1.54) is 0 Å². The van der Waals surface area contributed by atoms with Crippen LogP contribution in [0, 0.1) is 0 Å². The summed E-state index contributed by atoms with van der Waals surface area (Å²) in [7, 11) is 1.64. The van der Waals surface area contributed by atoms with E-state index in [4.69, 9.17) is 14.5 Å². The number of aromatic nitrogens is 3. The minimum atomic E-state index is -0.281. The topological polar surface area (TPSA) is 78.3 Å². The molecule has 1 atom stereocenters. The van der Waals surface area contributed by atoms with Gasteiger partial charge >= 0.3 is 0 Å². The second-order valence-electron chi connectivity index (χ2n) is 7.40. The summed E-state index contributed by atoms with van der Waals surface area (Å²) < 4.78 is 13.3. The molecule has 7 heteroatoms. The standard InChI is InChI=1S/C25H26N4O3/c1-18(27-25(30)22-12-5-6-14-26-22)24-28-21-11-3-4-13-23(21)29(24)15-8-16-32-20-10-7-9-19(17-20)31-2/h3-7,9-14,17-18H,8,15-16H2,1-2H3,(H,27,30). The van der Waals surface area contributed by atoms with Crippen LogP contribution in [0.15, 0.2) is 72.9 Å². The largest absolute Gasteiger partial charge is 0.497 e. The summed E-state index contributed by atoms with van der Waals surface area (Å²) in [6.07, 6.45) is 2.39. The number of imidazole rings is 1. The molecule has 2 aromatic carbocycles. The van der Waals surface area contributed by atoms with E-state index in [-0.39, 0.29) is 11.9 Å². The fraction of sp³-hybridized carbons (Fsp3) is 0.240. The number of pyridine rings is 1. The fourth-order valence-electron chi connectivity index (χ4n) is 3.60. The van der Waals surface area contributed by atoms with Crippen LogP contribution in [0.4, 0.5) is 0 Å². The minimum absolute atomic E-state index is 0.224. The Morgan fingerprint density at radius 2 is 1.88 bits per heavy atom. The average molecular weight is 431 g/mol. The normalized spacial score (nSPS) is 11.8. The summed E-state index contributed by atoms with van der Waals surface area (Å²) in [5.74, 6) is 2.12. The molecule has 0 fully saturated rings. The van der Waals surface area contributed by atoms with Crippen LogP contribution in [-0.4, -0.2) is 34.2 Å². The van der Waals surface area contributed by atoms with Gasteiger partial charge in [-0.1, -0.05) is 24.3 Å². The molecule has 0 saturated carbocycles. The van der Waals surface area contributed by atoms with Crippen molar-refractivity contribution in [2.24, 2.45) is 0 Å². The quantitative estimate of drug-likeness (QED) is 0.398. The first-order valence-electron chi connectivity index (χ1n) is 10.6. The van der Waals surface area contributed by atoms with E-state index in [2.05, 4.69) is 14.9 Å². The predicted octanol–water partition coefficient (Wildman–Crippen LogP) is 4.40. The molecule has 2 heterocycles. The van der Waals surface area contributed by atoms with Gasteiger partial charge in [-0.05, 0) is 49.7 Å². The number of nitrogens with one attached hydrogen (secondary N) is 1. The van der Waals surface area contributed by atoms with E-state index in [1.807, 2.05) is 55.5 Å². The van der Waals surface area contributed by atoms with Gasteiger partial charge in [-0.2, -0.15) is 0 Å². The number of amides is 1. The smallest absolute Gasteiger partial charge is 0.270 e. The Kier molecular flexibility index (Phi) is 6.65. The first kappa shape index (κ1) is 21.4. The van der Waals surface area contributed by atoms with Gasteiger partial charge in [-0.15, -0.1) is 0 Å². The zero-order valence-corrected chi connectivity index (χ0v) is 18.2. The molecule has 4 aromatic rings. The van der Waals surface area contributed by atoms with E-state index in [0.29, 0.717) is 18.8 Å². The van der Waals surface area contributed by atoms with E-state index >= 15 is 0 Å². The molecule has 0 spiro atoms. The van der Waals surface area contributed by atoms with Crippen molar-refractivity contribution >= 4 is 16.9 Å². The van der Waals surface area contributed by atoms with Crippen LogP contribution >= 0.6 is 0 Å². The number of rotatable bonds is 9. The van der Waals surface area contributed by atoms with E-state index in [0.717, 1.165) is 34.8 Å². The summed E-state index contributed by atoms with van der Waals surface area (Å²) >= 11 is 0. The van der Waals surface area contributed by atoms with Crippen LogP contribution < -0.4 is 14.8 Å². The molecule has 0 aliphatic rings. The number of hydrogen-bond donors (Lipinski definition) is 1. The third-order valence-electron chi connectivity index (χ3n) is 5.15. The number of benzene rings is 2. The Balaban J connectivity index is 1.46. The molecule has 7 nitrogen and oxygen atoms in total. The maximum Gasteiger partial charge on any atom is 0.270 e. The SMILES string of the molecule is COc1cccc(OCCCn2c(C(C)NC(=O)c3ccccn3)nc3ccccc32)c1. The predicted molar refractivity (Wildman–Crippen MR) is 123 cm³/mol. The Hall–Kier alpha value is -3.87. The summed E-state index contributed by atoms with van der Waals surface area (Å²) in [5, 5.41) is 3.01. The number of nitrogens with zero attached hydrogens (tertiary/aromatic N) is 3.